The molecule has 0 radical (unpaired) electrons. The summed E-state index contributed by atoms with van der Waals surface area (Å²) >= 11 is 0. The molecule has 2 atom stereocenters. The molecule has 2 heteroatoms. The van der Waals surface area contributed by atoms with Crippen molar-refractivity contribution in [1.82, 2.24) is 0 Å². The predicted molar refractivity (Wildman–Crippen MR) is 62.7 cm³/mol. The van der Waals surface area contributed by atoms with E-state index in [1.54, 1.807) is 0 Å². The summed E-state index contributed by atoms with van der Waals surface area (Å²) < 4.78 is 0. The first-order valence-corrected chi connectivity index (χ1v) is 5.79. The van der Waals surface area contributed by atoms with Gasteiger partial charge in [-0.1, -0.05) is 31.0 Å². The molecule has 1 saturated carbocycles. The Hall–Kier alpha value is -1.15. The van der Waals surface area contributed by atoms with E-state index in [9.17, 15) is 0 Å². The molecule has 1 aliphatic heterocycles. The van der Waals surface area contributed by atoms with Gasteiger partial charge in [-0.3, -0.25) is 4.99 Å². The molecule has 3 rings (SSSR count). The lowest BCUT2D eigenvalue weighted by Gasteiger charge is -2.14. The minimum atomic E-state index is 0.185. The van der Waals surface area contributed by atoms with Crippen molar-refractivity contribution in [2.45, 2.75) is 37.6 Å². The van der Waals surface area contributed by atoms with Gasteiger partial charge in [-0.15, -0.1) is 0 Å². The zero-order chi connectivity index (χ0) is 10.3. The number of hydrogen-bond donors (Lipinski definition) is 1. The Morgan fingerprint density at radius 2 is 1.93 bits per heavy atom. The van der Waals surface area contributed by atoms with Gasteiger partial charge < -0.3 is 5.73 Å². The van der Waals surface area contributed by atoms with Crippen molar-refractivity contribution in [2.24, 2.45) is 10.7 Å². The van der Waals surface area contributed by atoms with Gasteiger partial charge in [0.05, 0.1) is 5.69 Å². The number of nitrogens with two attached hydrogens (primary N) is 1. The van der Waals surface area contributed by atoms with Crippen LogP contribution in [0.1, 0.15) is 37.2 Å². The topological polar surface area (TPSA) is 38.4 Å². The molecule has 1 aliphatic carbocycles. The van der Waals surface area contributed by atoms with E-state index in [4.69, 9.17) is 10.7 Å². The van der Waals surface area contributed by atoms with E-state index >= 15 is 0 Å². The highest BCUT2D eigenvalue weighted by atomic mass is 14.9. The largest absolute Gasteiger partial charge is 0.323 e. The van der Waals surface area contributed by atoms with Crippen molar-refractivity contribution in [3.63, 3.8) is 0 Å². The normalized spacial score (nSPS) is 29.0. The molecular weight excluding hydrogens is 184 g/mol. The number of hydrogen-bond acceptors (Lipinski definition) is 2. The van der Waals surface area contributed by atoms with Gasteiger partial charge in [-0.25, -0.2) is 0 Å². The number of aliphatic imine (C=N–C) groups is 1. The third-order valence-electron chi connectivity index (χ3n) is 3.56. The number of nitrogens with zero attached hydrogens (tertiary/aromatic N) is 1. The van der Waals surface area contributed by atoms with E-state index < -0.39 is 0 Å². The zero-order valence-corrected chi connectivity index (χ0v) is 8.82. The zero-order valence-electron chi connectivity index (χ0n) is 8.82. The van der Waals surface area contributed by atoms with Gasteiger partial charge >= 0.3 is 0 Å². The van der Waals surface area contributed by atoms with Crippen molar-refractivity contribution >= 4 is 11.4 Å². The molecule has 78 valence electrons. The minimum absolute atomic E-state index is 0.185. The third kappa shape index (κ3) is 1.40. The summed E-state index contributed by atoms with van der Waals surface area (Å²) in [6, 6.07) is 8.65. The first-order valence-electron chi connectivity index (χ1n) is 5.79. The lowest BCUT2D eigenvalue weighted by Crippen LogP contribution is -2.31. The van der Waals surface area contributed by atoms with E-state index in [1.165, 1.54) is 30.5 Å². The molecule has 2 nitrogen and oxygen atoms in total. The molecular formula is C13H16N2. The molecule has 0 amide bonds. The number of para-hydroxylation sites is 1. The predicted octanol–water partition coefficient (Wildman–Crippen LogP) is 2.76. The summed E-state index contributed by atoms with van der Waals surface area (Å²) in [5.74, 6) is 0.513. The Morgan fingerprint density at radius 1 is 1.13 bits per heavy atom. The fraction of sp³-hybridized carbons (Fsp3) is 0.462. The van der Waals surface area contributed by atoms with E-state index in [1.807, 2.05) is 0 Å². The molecule has 2 unspecified atom stereocenters. The average molecular weight is 200 g/mol. The maximum Gasteiger partial charge on any atom is 0.0668 e. The SMILES string of the molecule is NC1CCCCC2C1=Nc1ccccc12. The van der Waals surface area contributed by atoms with Gasteiger partial charge in [0, 0.05) is 17.7 Å². The second kappa shape index (κ2) is 3.46. The molecule has 15 heavy (non-hydrogen) atoms. The van der Waals surface area contributed by atoms with Crippen molar-refractivity contribution in [2.75, 3.05) is 0 Å². The molecule has 1 heterocycles. The van der Waals surface area contributed by atoms with E-state index in [0.717, 1.165) is 12.1 Å². The van der Waals surface area contributed by atoms with Crippen molar-refractivity contribution in [3.05, 3.63) is 29.8 Å². The second-order valence-electron chi connectivity index (χ2n) is 4.54. The average Bonchev–Trinajstić information content (AvgIpc) is 2.54. The van der Waals surface area contributed by atoms with Crippen LogP contribution in [-0.2, 0) is 0 Å². The second-order valence-corrected chi connectivity index (χ2v) is 4.54. The van der Waals surface area contributed by atoms with Gasteiger partial charge in [0.15, 0.2) is 0 Å². The molecule has 1 aromatic carbocycles. The maximum absolute atomic E-state index is 6.17. The highest BCUT2D eigenvalue weighted by Gasteiger charge is 2.31. The smallest absolute Gasteiger partial charge is 0.0668 e. The van der Waals surface area contributed by atoms with Gasteiger partial charge in [0.25, 0.3) is 0 Å². The Bertz CT molecular complexity index is 409. The molecule has 0 bridgehead atoms. The highest BCUT2D eigenvalue weighted by molar-refractivity contribution is 6.01. The van der Waals surface area contributed by atoms with E-state index in [0.29, 0.717) is 5.92 Å². The molecule has 0 aromatic heterocycles. The third-order valence-corrected chi connectivity index (χ3v) is 3.56. The first-order chi connectivity index (χ1) is 7.36. The van der Waals surface area contributed by atoms with Crippen molar-refractivity contribution in [1.29, 1.82) is 0 Å². The van der Waals surface area contributed by atoms with Crippen LogP contribution in [0, 0.1) is 0 Å². The minimum Gasteiger partial charge on any atom is -0.323 e. The molecule has 0 spiro atoms. The van der Waals surface area contributed by atoms with E-state index in [-0.39, 0.29) is 6.04 Å². The standard InChI is InChI=1S/C13H16N2/c14-11-7-3-1-6-10-9-5-2-4-8-12(9)15-13(10)11/h2,4-5,8,10-11H,1,3,6-7,14H2. The Kier molecular flexibility index (Phi) is 2.10. The van der Waals surface area contributed by atoms with Crippen LogP contribution in [0.2, 0.25) is 0 Å². The van der Waals surface area contributed by atoms with Crippen LogP contribution in [0.15, 0.2) is 29.3 Å². The Morgan fingerprint density at radius 3 is 2.87 bits per heavy atom. The van der Waals surface area contributed by atoms with Gasteiger partial charge in [-0.05, 0) is 24.5 Å². The fourth-order valence-corrected chi connectivity index (χ4v) is 2.77. The van der Waals surface area contributed by atoms with Crippen LogP contribution in [0.4, 0.5) is 5.69 Å². The lowest BCUT2D eigenvalue weighted by molar-refractivity contribution is 0.652. The van der Waals surface area contributed by atoms with E-state index in [2.05, 4.69) is 24.3 Å². The van der Waals surface area contributed by atoms with Crippen LogP contribution < -0.4 is 5.73 Å². The summed E-state index contributed by atoms with van der Waals surface area (Å²) in [6.07, 6.45) is 4.86. The molecule has 1 aromatic rings. The van der Waals surface area contributed by atoms with Gasteiger partial charge in [0.2, 0.25) is 0 Å². The van der Waals surface area contributed by atoms with Crippen LogP contribution >= 0.6 is 0 Å². The van der Waals surface area contributed by atoms with Crippen LogP contribution in [0.5, 0.6) is 0 Å². The molecule has 0 saturated heterocycles. The number of rotatable bonds is 0. The molecule has 2 N–H and O–H groups in total. The van der Waals surface area contributed by atoms with Crippen molar-refractivity contribution in [3.8, 4) is 0 Å². The van der Waals surface area contributed by atoms with Gasteiger partial charge in [-0.2, -0.15) is 0 Å². The lowest BCUT2D eigenvalue weighted by atomic mass is 9.90. The fourth-order valence-electron chi connectivity index (χ4n) is 2.77. The van der Waals surface area contributed by atoms with Crippen molar-refractivity contribution < 1.29 is 0 Å². The summed E-state index contributed by atoms with van der Waals surface area (Å²) in [7, 11) is 0. The summed E-state index contributed by atoms with van der Waals surface area (Å²) in [6.45, 7) is 0. The Labute approximate surface area is 90.2 Å². The quantitative estimate of drug-likeness (QED) is 0.687. The van der Waals surface area contributed by atoms with Crippen LogP contribution in [0.3, 0.4) is 0 Å². The number of fused-ring (bicyclic) bond motifs is 3. The summed E-state index contributed by atoms with van der Waals surface area (Å²) in [5, 5.41) is 0. The monoisotopic (exact) mass is 200 g/mol. The number of benzene rings is 1. The Balaban J connectivity index is 2.06. The highest BCUT2D eigenvalue weighted by Crippen LogP contribution is 2.40. The van der Waals surface area contributed by atoms with Gasteiger partial charge in [0.1, 0.15) is 0 Å². The van der Waals surface area contributed by atoms with Crippen LogP contribution in [0.25, 0.3) is 0 Å². The van der Waals surface area contributed by atoms with Crippen LogP contribution in [-0.4, -0.2) is 11.8 Å². The first kappa shape index (κ1) is 9.10. The maximum atomic E-state index is 6.17. The molecule has 2 aliphatic rings. The summed E-state index contributed by atoms with van der Waals surface area (Å²) in [5.41, 5.74) is 9.94. The summed E-state index contributed by atoms with van der Waals surface area (Å²) in [4.78, 5) is 4.71. The molecule has 1 fully saturated rings.